The summed E-state index contributed by atoms with van der Waals surface area (Å²) in [6.07, 6.45) is 1.83. The van der Waals surface area contributed by atoms with Gasteiger partial charge in [-0.3, -0.25) is 0 Å². The van der Waals surface area contributed by atoms with Gasteiger partial charge < -0.3 is 10.1 Å². The molecule has 1 aliphatic heterocycles. The average Bonchev–Trinajstić information content (AvgIpc) is 2.65. The fourth-order valence-corrected chi connectivity index (χ4v) is 2.17. The van der Waals surface area contributed by atoms with Crippen molar-refractivity contribution in [1.82, 2.24) is 20.3 Å². The quantitative estimate of drug-likeness (QED) is 0.822. The van der Waals surface area contributed by atoms with E-state index in [2.05, 4.69) is 43.3 Å². The SMILES string of the molecule is CC(C)n1nncc1C1NCCOC1(C)C. The molecule has 1 N–H and O–H groups in total. The Labute approximate surface area is 96.2 Å². The first-order valence-corrected chi connectivity index (χ1v) is 5.80. The largest absolute Gasteiger partial charge is 0.372 e. The third kappa shape index (κ3) is 1.97. The minimum Gasteiger partial charge on any atom is -0.372 e. The molecule has 0 radical (unpaired) electrons. The summed E-state index contributed by atoms with van der Waals surface area (Å²) in [7, 11) is 0. The van der Waals surface area contributed by atoms with Crippen molar-refractivity contribution >= 4 is 0 Å². The number of aromatic nitrogens is 3. The van der Waals surface area contributed by atoms with Crippen LogP contribution in [-0.2, 0) is 4.74 Å². The van der Waals surface area contributed by atoms with E-state index in [1.54, 1.807) is 0 Å². The summed E-state index contributed by atoms with van der Waals surface area (Å²) in [6.45, 7) is 10.0. The monoisotopic (exact) mass is 224 g/mol. The van der Waals surface area contributed by atoms with Crippen LogP contribution in [-0.4, -0.2) is 33.7 Å². The summed E-state index contributed by atoms with van der Waals surface area (Å²) in [4.78, 5) is 0. The van der Waals surface area contributed by atoms with Crippen molar-refractivity contribution in [2.75, 3.05) is 13.2 Å². The van der Waals surface area contributed by atoms with E-state index in [9.17, 15) is 0 Å². The summed E-state index contributed by atoms with van der Waals surface area (Å²) in [5, 5.41) is 11.6. The summed E-state index contributed by atoms with van der Waals surface area (Å²) >= 11 is 0. The Morgan fingerprint density at radius 1 is 1.56 bits per heavy atom. The van der Waals surface area contributed by atoms with Gasteiger partial charge in [0.1, 0.15) is 0 Å². The molecule has 0 bridgehead atoms. The highest BCUT2D eigenvalue weighted by atomic mass is 16.5. The van der Waals surface area contributed by atoms with Crippen LogP contribution >= 0.6 is 0 Å². The predicted octanol–water partition coefficient (Wildman–Crippen LogP) is 1.30. The molecule has 5 nitrogen and oxygen atoms in total. The number of ether oxygens (including phenoxy) is 1. The van der Waals surface area contributed by atoms with Crippen LogP contribution in [0.5, 0.6) is 0 Å². The van der Waals surface area contributed by atoms with Crippen molar-refractivity contribution in [2.24, 2.45) is 0 Å². The highest BCUT2D eigenvalue weighted by Gasteiger charge is 2.36. The predicted molar refractivity (Wildman–Crippen MR) is 61.2 cm³/mol. The minimum atomic E-state index is -0.216. The summed E-state index contributed by atoms with van der Waals surface area (Å²) in [6, 6.07) is 0.468. The molecule has 5 heteroatoms. The Bertz CT molecular complexity index is 359. The number of rotatable bonds is 2. The van der Waals surface area contributed by atoms with E-state index in [4.69, 9.17) is 4.74 Å². The smallest absolute Gasteiger partial charge is 0.0836 e. The summed E-state index contributed by atoms with van der Waals surface area (Å²) in [5.74, 6) is 0. The van der Waals surface area contributed by atoms with E-state index >= 15 is 0 Å². The molecular weight excluding hydrogens is 204 g/mol. The maximum absolute atomic E-state index is 5.81. The molecule has 1 unspecified atom stereocenters. The van der Waals surface area contributed by atoms with Gasteiger partial charge in [-0.25, -0.2) is 4.68 Å². The normalized spacial score (nSPS) is 24.9. The topological polar surface area (TPSA) is 52.0 Å². The second-order valence-electron chi connectivity index (χ2n) is 5.04. The Kier molecular flexibility index (Phi) is 2.99. The zero-order valence-corrected chi connectivity index (χ0v) is 10.4. The van der Waals surface area contributed by atoms with Crippen molar-refractivity contribution in [3.8, 4) is 0 Å². The molecule has 0 aromatic carbocycles. The molecule has 2 rings (SSSR count). The highest BCUT2D eigenvalue weighted by Crippen LogP contribution is 2.31. The van der Waals surface area contributed by atoms with E-state index in [1.807, 2.05) is 10.9 Å². The number of nitrogens with one attached hydrogen (secondary N) is 1. The van der Waals surface area contributed by atoms with Crippen molar-refractivity contribution in [2.45, 2.75) is 45.4 Å². The molecule has 1 saturated heterocycles. The second kappa shape index (κ2) is 4.14. The Morgan fingerprint density at radius 2 is 2.31 bits per heavy atom. The van der Waals surface area contributed by atoms with E-state index in [0.29, 0.717) is 6.04 Å². The fourth-order valence-electron chi connectivity index (χ4n) is 2.17. The lowest BCUT2D eigenvalue weighted by molar-refractivity contribution is -0.0744. The molecule has 1 aromatic rings. The molecule has 90 valence electrons. The standard InChI is InChI=1S/C11H20N4O/c1-8(2)15-9(7-13-14-15)10-11(3,4)16-6-5-12-10/h7-8,10,12H,5-6H2,1-4H3. The van der Waals surface area contributed by atoms with Gasteiger partial charge in [-0.2, -0.15) is 0 Å². The van der Waals surface area contributed by atoms with Crippen LogP contribution in [0.3, 0.4) is 0 Å². The zero-order valence-electron chi connectivity index (χ0n) is 10.4. The fraction of sp³-hybridized carbons (Fsp3) is 0.818. The molecule has 16 heavy (non-hydrogen) atoms. The first kappa shape index (κ1) is 11.5. The van der Waals surface area contributed by atoms with Crippen LogP contribution in [0.4, 0.5) is 0 Å². The molecular formula is C11H20N4O. The second-order valence-corrected chi connectivity index (χ2v) is 5.04. The third-order valence-electron chi connectivity index (χ3n) is 3.01. The molecule has 1 fully saturated rings. The van der Waals surface area contributed by atoms with Gasteiger partial charge in [-0.05, 0) is 27.7 Å². The van der Waals surface area contributed by atoms with E-state index in [1.165, 1.54) is 0 Å². The summed E-state index contributed by atoms with van der Waals surface area (Å²) in [5.41, 5.74) is 0.881. The summed E-state index contributed by atoms with van der Waals surface area (Å²) < 4.78 is 7.76. The van der Waals surface area contributed by atoms with Crippen molar-refractivity contribution in [3.05, 3.63) is 11.9 Å². The maximum atomic E-state index is 5.81. The average molecular weight is 224 g/mol. The van der Waals surface area contributed by atoms with Gasteiger partial charge in [0.15, 0.2) is 0 Å². The minimum absolute atomic E-state index is 0.152. The Hall–Kier alpha value is -0.940. The highest BCUT2D eigenvalue weighted by molar-refractivity contribution is 5.10. The van der Waals surface area contributed by atoms with Gasteiger partial charge in [0.25, 0.3) is 0 Å². The third-order valence-corrected chi connectivity index (χ3v) is 3.01. The molecule has 1 atom stereocenters. The maximum Gasteiger partial charge on any atom is 0.0836 e. The molecule has 0 spiro atoms. The van der Waals surface area contributed by atoms with Gasteiger partial charge >= 0.3 is 0 Å². The molecule has 0 aliphatic carbocycles. The van der Waals surface area contributed by atoms with Crippen molar-refractivity contribution in [3.63, 3.8) is 0 Å². The van der Waals surface area contributed by atoms with Crippen LogP contribution in [0.25, 0.3) is 0 Å². The lowest BCUT2D eigenvalue weighted by Crippen LogP contribution is -2.49. The lowest BCUT2D eigenvalue weighted by Gasteiger charge is -2.39. The van der Waals surface area contributed by atoms with Crippen molar-refractivity contribution < 1.29 is 4.74 Å². The molecule has 0 saturated carbocycles. The van der Waals surface area contributed by atoms with E-state index in [0.717, 1.165) is 18.8 Å². The van der Waals surface area contributed by atoms with Crippen LogP contribution in [0.1, 0.15) is 45.5 Å². The van der Waals surface area contributed by atoms with Gasteiger partial charge in [0.2, 0.25) is 0 Å². The molecule has 0 amide bonds. The van der Waals surface area contributed by atoms with Gasteiger partial charge in [0, 0.05) is 12.6 Å². The van der Waals surface area contributed by atoms with Crippen LogP contribution in [0.15, 0.2) is 6.20 Å². The van der Waals surface area contributed by atoms with Crippen molar-refractivity contribution in [1.29, 1.82) is 0 Å². The van der Waals surface area contributed by atoms with Crippen LogP contribution in [0, 0.1) is 0 Å². The van der Waals surface area contributed by atoms with E-state index in [-0.39, 0.29) is 11.6 Å². The van der Waals surface area contributed by atoms with Crippen LogP contribution < -0.4 is 5.32 Å². The van der Waals surface area contributed by atoms with Gasteiger partial charge in [-0.1, -0.05) is 5.21 Å². The Morgan fingerprint density at radius 3 is 2.94 bits per heavy atom. The van der Waals surface area contributed by atoms with Gasteiger partial charge in [-0.15, -0.1) is 5.10 Å². The van der Waals surface area contributed by atoms with Crippen LogP contribution in [0.2, 0.25) is 0 Å². The number of hydrogen-bond donors (Lipinski definition) is 1. The Balaban J connectivity index is 2.31. The van der Waals surface area contributed by atoms with E-state index < -0.39 is 0 Å². The molecule has 1 aliphatic rings. The van der Waals surface area contributed by atoms with Gasteiger partial charge in [0.05, 0.1) is 30.1 Å². The first-order valence-electron chi connectivity index (χ1n) is 5.80. The first-order chi connectivity index (χ1) is 7.52. The lowest BCUT2D eigenvalue weighted by atomic mass is 9.94. The molecule has 1 aromatic heterocycles. The number of morpholine rings is 1. The zero-order chi connectivity index (χ0) is 11.8. The number of hydrogen-bond acceptors (Lipinski definition) is 4. The number of nitrogens with zero attached hydrogens (tertiary/aromatic N) is 3. The molecule has 2 heterocycles.